The van der Waals surface area contributed by atoms with Crippen LogP contribution in [0.1, 0.15) is 0 Å². The fourth-order valence-corrected chi connectivity index (χ4v) is 2.06. The summed E-state index contributed by atoms with van der Waals surface area (Å²) in [5.74, 6) is 0. The molecule has 0 spiro atoms. The van der Waals surface area contributed by atoms with Crippen LogP contribution in [0.3, 0.4) is 0 Å². The number of rotatable bonds is 2. The van der Waals surface area contributed by atoms with Crippen molar-refractivity contribution in [1.82, 2.24) is 4.86 Å². The highest BCUT2D eigenvalue weighted by Crippen LogP contribution is 2.36. The minimum absolute atomic E-state index is 1.31. The molecule has 0 aliphatic heterocycles. The lowest BCUT2D eigenvalue weighted by atomic mass is 12.0. The maximum Gasteiger partial charge on any atom is 0.617 e. The highest BCUT2D eigenvalue weighted by molar-refractivity contribution is 8.12. The van der Waals surface area contributed by atoms with E-state index in [4.69, 9.17) is 9.79 Å². The first-order chi connectivity index (χ1) is 3.42. The van der Waals surface area contributed by atoms with Crippen LogP contribution in [0.15, 0.2) is 0 Å². The van der Waals surface area contributed by atoms with Gasteiger partial charge >= 0.3 is 8.18 Å². The topological polar surface area (TPSA) is 69.6 Å². The maximum absolute atomic E-state index is 9.85. The molecular weight excluding hydrogens is 168 g/mol. The molecule has 2 unspecified atom stereocenters. The zero-order chi connectivity index (χ0) is 6.78. The van der Waals surface area contributed by atoms with Crippen molar-refractivity contribution < 1.29 is 14.4 Å². The molecule has 0 radical (unpaired) electrons. The van der Waals surface area contributed by atoms with Gasteiger partial charge in [0.1, 0.15) is 0 Å². The van der Waals surface area contributed by atoms with Crippen LogP contribution in [0.25, 0.3) is 0 Å². The Morgan fingerprint density at radius 3 is 2.25 bits per heavy atom. The van der Waals surface area contributed by atoms with Gasteiger partial charge in [0.05, 0.1) is 0 Å². The molecule has 0 saturated carbocycles. The summed E-state index contributed by atoms with van der Waals surface area (Å²) in [5.41, 5.74) is 0. The van der Waals surface area contributed by atoms with Crippen LogP contribution in [0.2, 0.25) is 0 Å². The molecule has 0 aromatic heterocycles. The second kappa shape index (κ2) is 2.97. The van der Waals surface area contributed by atoms with E-state index in [1.807, 2.05) is 4.86 Å². The summed E-state index contributed by atoms with van der Waals surface area (Å²) in [7, 11) is -2.49. The molecule has 8 heavy (non-hydrogen) atoms. The first-order valence-electron chi connectivity index (χ1n) is 1.66. The Balaban J connectivity index is 3.74. The van der Waals surface area contributed by atoms with Crippen LogP contribution in [0.4, 0.5) is 0 Å². The highest BCUT2D eigenvalue weighted by Gasteiger charge is 2.18. The second-order valence-corrected chi connectivity index (χ2v) is 6.49. The van der Waals surface area contributed by atoms with Crippen LogP contribution in [-0.4, -0.2) is 16.5 Å². The highest BCUT2D eigenvalue weighted by atomic mass is 32.4. The van der Waals surface area contributed by atoms with Gasteiger partial charge in [0.15, 0.2) is 6.42 Å². The molecule has 0 aliphatic carbocycles. The van der Waals surface area contributed by atoms with Crippen molar-refractivity contribution in [3.05, 3.63) is 0 Å². The summed E-state index contributed by atoms with van der Waals surface area (Å²) in [6.45, 7) is 1.31. The Bertz CT molecular complexity index is 140. The predicted octanol–water partition coefficient (Wildman–Crippen LogP) is 0.157. The largest absolute Gasteiger partial charge is 0.617 e. The first-order valence-corrected chi connectivity index (χ1v) is 6.07. The van der Waals surface area contributed by atoms with Crippen molar-refractivity contribution in [2.45, 2.75) is 0 Å². The third-order valence-electron chi connectivity index (χ3n) is 0.271. The van der Waals surface area contributed by atoms with Crippen molar-refractivity contribution in [3.8, 4) is 0 Å². The van der Waals surface area contributed by atoms with Gasteiger partial charge < -0.3 is 4.89 Å². The van der Waals surface area contributed by atoms with Gasteiger partial charge in [0, 0.05) is 6.66 Å². The summed E-state index contributed by atoms with van der Waals surface area (Å²) >= 11 is 4.37. The van der Waals surface area contributed by atoms with E-state index in [-0.39, 0.29) is 0 Å². The van der Waals surface area contributed by atoms with Crippen LogP contribution in [0.5, 0.6) is 0 Å². The fourth-order valence-electron chi connectivity index (χ4n) is 0.159. The van der Waals surface area contributed by atoms with Crippen LogP contribution in [0, 0.1) is 0 Å². The Morgan fingerprint density at radius 1 is 1.88 bits per heavy atom. The molecule has 0 rings (SSSR count). The third kappa shape index (κ3) is 6.63. The van der Waals surface area contributed by atoms with Crippen molar-refractivity contribution in [2.24, 2.45) is 0 Å². The van der Waals surface area contributed by atoms with Crippen molar-refractivity contribution in [1.29, 1.82) is 0 Å². The van der Waals surface area contributed by atoms with Crippen LogP contribution in [-0.2, 0) is 16.4 Å². The first kappa shape index (κ1) is 8.63. The smallest absolute Gasteiger partial charge is 0.352 e. The van der Waals surface area contributed by atoms with Gasteiger partial charge in [-0.1, -0.05) is 0 Å². The Labute approximate surface area is 53.0 Å². The molecule has 0 aliphatic rings. The summed E-state index contributed by atoms with van der Waals surface area (Å²) in [4.78, 5) is 18.7. The Hall–Kier alpha value is 0.630. The van der Waals surface area contributed by atoms with E-state index in [1.54, 1.807) is 0 Å². The van der Waals surface area contributed by atoms with E-state index >= 15 is 0 Å². The molecule has 0 saturated heterocycles. The SMILES string of the molecule is CP(O)(=S)N[P+](=O)O. The quantitative estimate of drug-likeness (QED) is 0.520. The zero-order valence-corrected chi connectivity index (χ0v) is 6.71. The number of hydrogen-bond acceptors (Lipinski definition) is 2. The zero-order valence-electron chi connectivity index (χ0n) is 4.11. The van der Waals surface area contributed by atoms with Gasteiger partial charge in [-0.3, -0.25) is 0 Å². The van der Waals surface area contributed by atoms with Gasteiger partial charge in [0.25, 0.3) is 0 Å². The lowest BCUT2D eigenvalue weighted by Crippen LogP contribution is -1.95. The molecule has 0 fully saturated rings. The van der Waals surface area contributed by atoms with E-state index < -0.39 is 14.6 Å². The number of nitrogens with one attached hydrogen (secondary N) is 1. The Morgan fingerprint density at radius 2 is 2.25 bits per heavy atom. The molecule has 3 N–H and O–H groups in total. The summed E-state index contributed by atoms with van der Waals surface area (Å²) in [6, 6.07) is 0. The average Bonchev–Trinajstić information content (AvgIpc) is 1.21. The van der Waals surface area contributed by atoms with Gasteiger partial charge in [-0.05, 0) is 21.2 Å². The third-order valence-corrected chi connectivity index (χ3v) is 3.17. The summed E-state index contributed by atoms with van der Waals surface area (Å²) in [5, 5.41) is 0. The van der Waals surface area contributed by atoms with Crippen molar-refractivity contribution >= 4 is 26.4 Å². The monoisotopic (exact) mass is 174 g/mol. The lowest BCUT2D eigenvalue weighted by Gasteiger charge is -1.96. The van der Waals surface area contributed by atoms with E-state index in [0.717, 1.165) is 0 Å². The van der Waals surface area contributed by atoms with Gasteiger partial charge in [-0.25, -0.2) is 0 Å². The molecule has 0 bridgehead atoms. The predicted molar refractivity (Wildman–Crippen MR) is 35.4 cm³/mol. The maximum atomic E-state index is 9.85. The van der Waals surface area contributed by atoms with E-state index in [1.165, 1.54) is 6.66 Å². The molecule has 0 aromatic carbocycles. The molecule has 7 heteroatoms. The van der Waals surface area contributed by atoms with E-state index in [2.05, 4.69) is 11.8 Å². The van der Waals surface area contributed by atoms with Crippen molar-refractivity contribution in [3.63, 3.8) is 0 Å². The van der Waals surface area contributed by atoms with Gasteiger partial charge in [-0.15, -0.1) is 4.89 Å². The molecule has 48 valence electrons. The van der Waals surface area contributed by atoms with Crippen LogP contribution >= 0.6 is 14.6 Å². The standard InChI is InChI=1S/CH5NO3P2S/c1-7(5,8)2-6(3)4/h1H3,(H2-,2,3,4,5,8)/p+1. The minimum atomic E-state index is -2.67. The molecule has 0 heterocycles. The summed E-state index contributed by atoms with van der Waals surface area (Å²) < 4.78 is 9.85. The minimum Gasteiger partial charge on any atom is -0.352 e. The normalized spacial score (nSPS) is 19.6. The van der Waals surface area contributed by atoms with E-state index in [0.29, 0.717) is 0 Å². The molecule has 4 nitrogen and oxygen atoms in total. The molecule has 0 amide bonds. The Kier molecular flexibility index (Phi) is 3.20. The van der Waals surface area contributed by atoms with Crippen LogP contribution < -0.4 is 4.86 Å². The van der Waals surface area contributed by atoms with E-state index in [9.17, 15) is 4.57 Å². The number of hydrogen-bond donors (Lipinski definition) is 3. The van der Waals surface area contributed by atoms with Gasteiger partial charge in [0.2, 0.25) is 0 Å². The van der Waals surface area contributed by atoms with Crippen molar-refractivity contribution in [2.75, 3.05) is 6.66 Å². The molecule has 2 atom stereocenters. The lowest BCUT2D eigenvalue weighted by molar-refractivity contribution is 0.497. The summed E-state index contributed by atoms with van der Waals surface area (Å²) in [6.07, 6.45) is -2.67. The molecular formula is CH6NO3P2S+. The fraction of sp³-hybridized carbons (Fsp3) is 1.00. The molecule has 0 aromatic rings. The second-order valence-electron chi connectivity index (χ2n) is 1.25. The van der Waals surface area contributed by atoms with Gasteiger partial charge in [-0.2, -0.15) is 0 Å². The average molecular weight is 174 g/mol.